The molecule has 0 aromatic heterocycles. The Morgan fingerprint density at radius 2 is 2.20 bits per heavy atom. The molecule has 2 nitrogen and oxygen atoms in total. The molecule has 2 rings (SSSR count). The molecule has 0 saturated carbocycles. The van der Waals surface area contributed by atoms with Crippen molar-refractivity contribution in [3.63, 3.8) is 0 Å². The van der Waals surface area contributed by atoms with Gasteiger partial charge in [0.1, 0.15) is 5.75 Å². The number of rotatable bonds is 1. The van der Waals surface area contributed by atoms with Gasteiger partial charge in [-0.1, -0.05) is 18.0 Å². The number of ether oxygens (including phenoxy) is 1. The highest BCUT2D eigenvalue weighted by molar-refractivity contribution is 6.31. The highest BCUT2D eigenvalue weighted by Gasteiger charge is 2.21. The van der Waals surface area contributed by atoms with Gasteiger partial charge in [-0.2, -0.15) is 0 Å². The number of methoxy groups -OCH3 is 1. The molecule has 0 spiro atoms. The number of hydrogen-bond acceptors (Lipinski definition) is 2. The van der Waals surface area contributed by atoms with Gasteiger partial charge >= 0.3 is 0 Å². The van der Waals surface area contributed by atoms with Gasteiger partial charge in [-0.15, -0.1) is 0 Å². The van der Waals surface area contributed by atoms with Crippen molar-refractivity contribution in [1.29, 1.82) is 0 Å². The molecule has 2 N–H and O–H groups in total. The summed E-state index contributed by atoms with van der Waals surface area (Å²) in [6.07, 6.45) is 4.36. The summed E-state index contributed by atoms with van der Waals surface area (Å²) in [6.45, 7) is 0. The maximum Gasteiger partial charge on any atom is 0.122 e. The first-order chi connectivity index (χ1) is 7.24. The van der Waals surface area contributed by atoms with E-state index in [9.17, 15) is 0 Å². The van der Waals surface area contributed by atoms with Crippen molar-refractivity contribution in [3.8, 4) is 5.75 Å². The fraction of sp³-hybridized carbons (Fsp3) is 0.500. The molecule has 82 valence electrons. The molecular formula is C12H16ClNO. The Kier molecular flexibility index (Phi) is 3.17. The number of hydrogen-bond donors (Lipinski definition) is 1. The molecule has 3 heteroatoms. The van der Waals surface area contributed by atoms with E-state index >= 15 is 0 Å². The lowest BCUT2D eigenvalue weighted by atomic mass is 9.99. The molecule has 0 amide bonds. The average Bonchev–Trinajstić information content (AvgIpc) is 2.42. The zero-order chi connectivity index (χ0) is 10.8. The van der Waals surface area contributed by atoms with Crippen LogP contribution >= 0.6 is 11.6 Å². The molecule has 1 aromatic carbocycles. The van der Waals surface area contributed by atoms with E-state index in [0.29, 0.717) is 0 Å². The Bertz CT molecular complexity index is 365. The summed E-state index contributed by atoms with van der Waals surface area (Å²) in [5.41, 5.74) is 8.43. The van der Waals surface area contributed by atoms with Crippen LogP contribution in [-0.4, -0.2) is 7.11 Å². The maximum atomic E-state index is 6.20. The van der Waals surface area contributed by atoms with Gasteiger partial charge in [-0.3, -0.25) is 0 Å². The Hall–Kier alpha value is -0.730. The fourth-order valence-corrected chi connectivity index (χ4v) is 2.59. The Morgan fingerprint density at radius 3 is 2.93 bits per heavy atom. The van der Waals surface area contributed by atoms with Crippen LogP contribution in [0.5, 0.6) is 5.75 Å². The summed E-state index contributed by atoms with van der Waals surface area (Å²) >= 11 is 6.20. The van der Waals surface area contributed by atoms with Crippen LogP contribution in [0.2, 0.25) is 5.02 Å². The van der Waals surface area contributed by atoms with Crippen LogP contribution in [-0.2, 0) is 6.42 Å². The Morgan fingerprint density at radius 1 is 1.40 bits per heavy atom. The first-order valence-electron chi connectivity index (χ1n) is 5.35. The van der Waals surface area contributed by atoms with Crippen molar-refractivity contribution in [1.82, 2.24) is 0 Å². The van der Waals surface area contributed by atoms with Crippen LogP contribution in [0.25, 0.3) is 0 Å². The number of halogens is 1. The SMILES string of the molecule is COc1ccc(Cl)c2c1CCCCC2N. The minimum absolute atomic E-state index is 0.0603. The lowest BCUT2D eigenvalue weighted by Crippen LogP contribution is -2.11. The van der Waals surface area contributed by atoms with E-state index in [1.165, 1.54) is 5.56 Å². The summed E-state index contributed by atoms with van der Waals surface area (Å²) in [5.74, 6) is 0.923. The van der Waals surface area contributed by atoms with E-state index in [2.05, 4.69) is 0 Å². The molecule has 1 unspecified atom stereocenters. The predicted octanol–water partition coefficient (Wildman–Crippen LogP) is 3.07. The Balaban J connectivity index is 2.55. The largest absolute Gasteiger partial charge is 0.496 e. The van der Waals surface area contributed by atoms with Crippen LogP contribution in [0, 0.1) is 0 Å². The van der Waals surface area contributed by atoms with Crippen LogP contribution in [0.4, 0.5) is 0 Å². The highest BCUT2D eigenvalue weighted by Crippen LogP contribution is 2.37. The smallest absolute Gasteiger partial charge is 0.122 e. The first-order valence-corrected chi connectivity index (χ1v) is 5.72. The average molecular weight is 226 g/mol. The van der Waals surface area contributed by atoms with Gasteiger partial charge in [0.05, 0.1) is 7.11 Å². The first kappa shape index (κ1) is 10.8. The van der Waals surface area contributed by atoms with Crippen molar-refractivity contribution in [2.24, 2.45) is 5.73 Å². The van der Waals surface area contributed by atoms with Gasteiger partial charge < -0.3 is 10.5 Å². The zero-order valence-corrected chi connectivity index (χ0v) is 9.68. The zero-order valence-electron chi connectivity index (χ0n) is 8.92. The normalized spacial score (nSPS) is 20.6. The van der Waals surface area contributed by atoms with Gasteiger partial charge in [0, 0.05) is 16.6 Å². The third-order valence-electron chi connectivity index (χ3n) is 3.04. The number of benzene rings is 1. The van der Waals surface area contributed by atoms with E-state index < -0.39 is 0 Å². The molecule has 0 aliphatic heterocycles. The monoisotopic (exact) mass is 225 g/mol. The van der Waals surface area contributed by atoms with Gasteiger partial charge in [0.25, 0.3) is 0 Å². The Labute approximate surface area is 95.4 Å². The second-order valence-electron chi connectivity index (χ2n) is 3.99. The third-order valence-corrected chi connectivity index (χ3v) is 3.37. The van der Waals surface area contributed by atoms with Gasteiger partial charge in [-0.25, -0.2) is 0 Å². The van der Waals surface area contributed by atoms with Gasteiger partial charge in [0.2, 0.25) is 0 Å². The molecule has 1 aliphatic carbocycles. The molecular weight excluding hydrogens is 210 g/mol. The summed E-state index contributed by atoms with van der Waals surface area (Å²) < 4.78 is 5.36. The second-order valence-corrected chi connectivity index (χ2v) is 4.40. The molecule has 15 heavy (non-hydrogen) atoms. The third kappa shape index (κ3) is 1.97. The van der Waals surface area contributed by atoms with Gasteiger partial charge in [0.15, 0.2) is 0 Å². The molecule has 1 aromatic rings. The lowest BCUT2D eigenvalue weighted by molar-refractivity contribution is 0.408. The summed E-state index contributed by atoms with van der Waals surface area (Å²) in [5, 5.41) is 0.778. The topological polar surface area (TPSA) is 35.2 Å². The van der Waals surface area contributed by atoms with Crippen molar-refractivity contribution in [3.05, 3.63) is 28.3 Å². The van der Waals surface area contributed by atoms with Crippen molar-refractivity contribution >= 4 is 11.6 Å². The summed E-state index contributed by atoms with van der Waals surface area (Å²) in [4.78, 5) is 0. The van der Waals surface area contributed by atoms with Gasteiger partial charge in [-0.05, 0) is 37.0 Å². The molecule has 0 radical (unpaired) electrons. The van der Waals surface area contributed by atoms with Crippen LogP contribution in [0.15, 0.2) is 12.1 Å². The van der Waals surface area contributed by atoms with Crippen molar-refractivity contribution in [2.75, 3.05) is 7.11 Å². The standard InChI is InChI=1S/C12H16ClNO/c1-15-11-7-6-9(13)12-8(11)4-2-3-5-10(12)14/h6-7,10H,2-5,14H2,1H3. The minimum atomic E-state index is 0.0603. The molecule has 1 atom stereocenters. The summed E-state index contributed by atoms with van der Waals surface area (Å²) in [7, 11) is 1.69. The van der Waals surface area contributed by atoms with Crippen molar-refractivity contribution in [2.45, 2.75) is 31.7 Å². The second kappa shape index (κ2) is 4.42. The van der Waals surface area contributed by atoms with E-state index in [1.54, 1.807) is 7.11 Å². The molecule has 0 bridgehead atoms. The van der Waals surface area contributed by atoms with E-state index in [0.717, 1.165) is 42.0 Å². The highest BCUT2D eigenvalue weighted by atomic mass is 35.5. The predicted molar refractivity (Wildman–Crippen MR) is 62.5 cm³/mol. The fourth-order valence-electron chi connectivity index (χ4n) is 2.28. The lowest BCUT2D eigenvalue weighted by Gasteiger charge is -2.17. The number of nitrogens with two attached hydrogens (primary N) is 1. The molecule has 0 heterocycles. The van der Waals surface area contributed by atoms with Crippen LogP contribution in [0.1, 0.15) is 36.4 Å². The van der Waals surface area contributed by atoms with E-state index in [-0.39, 0.29) is 6.04 Å². The van der Waals surface area contributed by atoms with E-state index in [4.69, 9.17) is 22.1 Å². The van der Waals surface area contributed by atoms with E-state index in [1.807, 2.05) is 12.1 Å². The summed E-state index contributed by atoms with van der Waals surface area (Å²) in [6, 6.07) is 3.87. The minimum Gasteiger partial charge on any atom is -0.496 e. The quantitative estimate of drug-likeness (QED) is 0.746. The molecule has 0 saturated heterocycles. The number of fused-ring (bicyclic) bond motifs is 1. The van der Waals surface area contributed by atoms with Crippen LogP contribution in [0.3, 0.4) is 0 Å². The molecule has 0 fully saturated rings. The van der Waals surface area contributed by atoms with Crippen molar-refractivity contribution < 1.29 is 4.74 Å². The molecule has 1 aliphatic rings. The maximum absolute atomic E-state index is 6.20. The van der Waals surface area contributed by atoms with Crippen LogP contribution < -0.4 is 10.5 Å².